The van der Waals surface area contributed by atoms with E-state index in [4.69, 9.17) is 9.15 Å². The third kappa shape index (κ3) is 5.30. The molecule has 0 bridgehead atoms. The molecule has 1 aliphatic carbocycles. The zero-order chi connectivity index (χ0) is 28.4. The van der Waals surface area contributed by atoms with Gasteiger partial charge in [0.25, 0.3) is 11.5 Å². The maximum absolute atomic E-state index is 13.7. The number of hydrogen-bond acceptors (Lipinski definition) is 8. The van der Waals surface area contributed by atoms with Crippen LogP contribution in [0.25, 0.3) is 17.3 Å². The average molecular weight is 574 g/mol. The smallest absolute Gasteiger partial charge is 0.341 e. The minimum atomic E-state index is -0.700. The molecule has 10 heteroatoms. The highest BCUT2D eigenvalue weighted by Crippen LogP contribution is 2.38. The van der Waals surface area contributed by atoms with Crippen LogP contribution in [0.5, 0.6) is 0 Å². The predicted octanol–water partition coefficient (Wildman–Crippen LogP) is 4.37. The third-order valence-electron chi connectivity index (χ3n) is 6.58. The fourth-order valence-electron chi connectivity index (χ4n) is 4.67. The van der Waals surface area contributed by atoms with Crippen molar-refractivity contribution in [2.75, 3.05) is 11.9 Å². The number of nitrogens with zero attached hydrogens (tertiary/aromatic N) is 2. The van der Waals surface area contributed by atoms with Gasteiger partial charge in [0.1, 0.15) is 27.3 Å². The zero-order valence-electron chi connectivity index (χ0n) is 22.3. The molecule has 1 N–H and O–H groups in total. The number of anilines is 1. The van der Waals surface area contributed by atoms with E-state index in [-0.39, 0.29) is 22.4 Å². The summed E-state index contributed by atoms with van der Waals surface area (Å²) in [5.41, 5.74) is 2.17. The summed E-state index contributed by atoms with van der Waals surface area (Å²) in [6.45, 7) is 5.68. The molecular weight excluding hydrogens is 546 g/mol. The van der Waals surface area contributed by atoms with Gasteiger partial charge in [-0.25, -0.2) is 4.79 Å². The first-order valence-electron chi connectivity index (χ1n) is 12.9. The average Bonchev–Trinajstić information content (AvgIpc) is 3.60. The number of rotatable bonds is 6. The summed E-state index contributed by atoms with van der Waals surface area (Å²) in [4.78, 5) is 41.2. The van der Waals surface area contributed by atoms with Crippen molar-refractivity contribution in [1.82, 2.24) is 4.57 Å². The standard InChI is InChI=1S/C30H27N3O5S2/c1-4-37-30(36)25-21-7-5-6-8-23(21)39-27(25)32-26(34)22(16-31)29-33(19-12-9-17(2)10-13-19)28(35)24(40-29)15-20-14-11-18(3)38-20/h9-15H,4-8H2,1-3H3,(H,32,34)/b24-15-,29-22-. The van der Waals surface area contributed by atoms with Gasteiger partial charge in [-0.05, 0) is 76.3 Å². The fraction of sp³-hybridized carbons (Fsp3) is 0.267. The van der Waals surface area contributed by atoms with Crippen LogP contribution < -0.4 is 20.1 Å². The number of nitriles is 1. The minimum Gasteiger partial charge on any atom is -0.462 e. The molecule has 3 aromatic heterocycles. The predicted molar refractivity (Wildman–Crippen MR) is 155 cm³/mol. The number of fused-ring (bicyclic) bond motifs is 1. The highest BCUT2D eigenvalue weighted by molar-refractivity contribution is 7.17. The Morgan fingerprint density at radius 2 is 1.88 bits per heavy atom. The van der Waals surface area contributed by atoms with Gasteiger partial charge in [-0.15, -0.1) is 22.7 Å². The Morgan fingerprint density at radius 3 is 2.55 bits per heavy atom. The van der Waals surface area contributed by atoms with Crippen molar-refractivity contribution in [2.45, 2.75) is 46.5 Å². The van der Waals surface area contributed by atoms with Crippen molar-refractivity contribution in [3.63, 3.8) is 0 Å². The second-order valence-electron chi connectivity index (χ2n) is 9.42. The first-order chi connectivity index (χ1) is 19.3. The summed E-state index contributed by atoms with van der Waals surface area (Å²) in [6.07, 6.45) is 5.11. The maximum Gasteiger partial charge on any atom is 0.341 e. The van der Waals surface area contributed by atoms with E-state index in [0.717, 1.165) is 53.0 Å². The van der Waals surface area contributed by atoms with Crippen molar-refractivity contribution < 1.29 is 18.7 Å². The summed E-state index contributed by atoms with van der Waals surface area (Å²) >= 11 is 2.38. The molecule has 204 valence electrons. The van der Waals surface area contributed by atoms with Gasteiger partial charge in [-0.1, -0.05) is 17.7 Å². The second-order valence-corrected chi connectivity index (χ2v) is 11.6. The van der Waals surface area contributed by atoms with Crippen LogP contribution in [-0.2, 0) is 22.4 Å². The van der Waals surface area contributed by atoms with Gasteiger partial charge < -0.3 is 14.5 Å². The van der Waals surface area contributed by atoms with Crippen molar-refractivity contribution in [3.8, 4) is 11.8 Å². The van der Waals surface area contributed by atoms with Gasteiger partial charge in [-0.2, -0.15) is 5.26 Å². The lowest BCUT2D eigenvalue weighted by Crippen LogP contribution is -2.32. The van der Waals surface area contributed by atoms with Crippen molar-refractivity contribution in [1.29, 1.82) is 5.26 Å². The van der Waals surface area contributed by atoms with Gasteiger partial charge in [0.2, 0.25) is 0 Å². The van der Waals surface area contributed by atoms with Crippen LogP contribution in [0.1, 0.15) is 57.6 Å². The molecular formula is C30H27N3O5S2. The normalized spacial score (nSPS) is 13.9. The number of nitrogens with one attached hydrogen (secondary N) is 1. The largest absolute Gasteiger partial charge is 0.462 e. The summed E-state index contributed by atoms with van der Waals surface area (Å²) in [5.74, 6) is -0.00516. The molecule has 0 saturated carbocycles. The van der Waals surface area contributed by atoms with Crippen LogP contribution in [0.15, 0.2) is 45.6 Å². The molecule has 5 rings (SSSR count). The lowest BCUT2D eigenvalue weighted by atomic mass is 9.95. The molecule has 40 heavy (non-hydrogen) atoms. The third-order valence-corrected chi connectivity index (χ3v) is 8.88. The van der Waals surface area contributed by atoms with E-state index in [0.29, 0.717) is 32.3 Å². The number of benzene rings is 1. The topological polar surface area (TPSA) is 114 Å². The van der Waals surface area contributed by atoms with E-state index in [2.05, 4.69) is 5.32 Å². The molecule has 1 aliphatic rings. The van der Waals surface area contributed by atoms with Crippen LogP contribution in [-0.4, -0.2) is 23.1 Å². The van der Waals surface area contributed by atoms with Crippen LogP contribution in [0.4, 0.5) is 5.00 Å². The van der Waals surface area contributed by atoms with E-state index in [1.165, 1.54) is 15.9 Å². The Kier molecular flexibility index (Phi) is 7.87. The molecule has 1 aromatic carbocycles. The molecule has 0 fully saturated rings. The van der Waals surface area contributed by atoms with Gasteiger partial charge in [0.15, 0.2) is 5.57 Å². The number of aryl methyl sites for hydroxylation is 3. The van der Waals surface area contributed by atoms with Crippen LogP contribution >= 0.6 is 22.7 Å². The van der Waals surface area contributed by atoms with E-state index < -0.39 is 11.9 Å². The molecule has 1 amide bonds. The van der Waals surface area contributed by atoms with E-state index >= 15 is 0 Å². The summed E-state index contributed by atoms with van der Waals surface area (Å²) < 4.78 is 12.8. The molecule has 0 radical (unpaired) electrons. The van der Waals surface area contributed by atoms with Crippen LogP contribution in [0.3, 0.4) is 0 Å². The van der Waals surface area contributed by atoms with Crippen molar-refractivity contribution in [2.24, 2.45) is 0 Å². The lowest BCUT2D eigenvalue weighted by molar-refractivity contribution is -0.111. The Labute approximate surface area is 238 Å². The number of carbonyl (C=O) groups is 2. The number of amides is 1. The Balaban J connectivity index is 1.68. The number of thiazole rings is 1. The number of esters is 1. The number of hydrogen-bond donors (Lipinski definition) is 1. The monoisotopic (exact) mass is 573 g/mol. The lowest BCUT2D eigenvalue weighted by Gasteiger charge is -2.12. The van der Waals surface area contributed by atoms with E-state index in [9.17, 15) is 19.6 Å². The molecule has 3 heterocycles. The second kappa shape index (κ2) is 11.5. The van der Waals surface area contributed by atoms with Crippen molar-refractivity contribution in [3.05, 3.63) is 89.0 Å². The first-order valence-corrected chi connectivity index (χ1v) is 14.6. The minimum absolute atomic E-state index is 0.183. The Morgan fingerprint density at radius 1 is 1.12 bits per heavy atom. The molecule has 8 nitrogen and oxygen atoms in total. The van der Waals surface area contributed by atoms with Crippen LogP contribution in [0.2, 0.25) is 0 Å². The van der Waals surface area contributed by atoms with E-state index in [1.807, 2.05) is 25.1 Å². The number of thiophene rings is 1. The van der Waals surface area contributed by atoms with Gasteiger partial charge in [0.05, 0.1) is 22.4 Å². The number of carbonyl (C=O) groups excluding carboxylic acids is 2. The quantitative estimate of drug-likeness (QED) is 0.343. The Bertz CT molecular complexity index is 1830. The van der Waals surface area contributed by atoms with Crippen LogP contribution in [0, 0.1) is 25.2 Å². The molecule has 4 aromatic rings. The van der Waals surface area contributed by atoms with Gasteiger partial charge in [-0.3, -0.25) is 14.2 Å². The van der Waals surface area contributed by atoms with E-state index in [1.54, 1.807) is 44.2 Å². The highest BCUT2D eigenvalue weighted by Gasteiger charge is 2.28. The highest BCUT2D eigenvalue weighted by atomic mass is 32.1. The number of furan rings is 1. The first kappa shape index (κ1) is 27.4. The van der Waals surface area contributed by atoms with Gasteiger partial charge >= 0.3 is 5.97 Å². The molecule has 0 atom stereocenters. The summed E-state index contributed by atoms with van der Waals surface area (Å²) in [5, 5.41) is 13.4. The zero-order valence-corrected chi connectivity index (χ0v) is 24.0. The summed E-state index contributed by atoms with van der Waals surface area (Å²) in [6, 6.07) is 12.8. The summed E-state index contributed by atoms with van der Waals surface area (Å²) in [7, 11) is 0. The maximum atomic E-state index is 13.7. The van der Waals surface area contributed by atoms with Crippen molar-refractivity contribution >= 4 is 51.2 Å². The fourth-order valence-corrected chi connectivity index (χ4v) is 7.03. The van der Waals surface area contributed by atoms with Gasteiger partial charge in [0, 0.05) is 11.0 Å². The molecule has 0 spiro atoms. The number of ether oxygens (including phenoxy) is 1. The number of aromatic nitrogens is 1. The SMILES string of the molecule is CCOC(=O)c1c(NC(=O)/C(C#N)=c2\s/c(=C\c3ccc(C)o3)c(=O)n2-c2ccc(C)cc2)sc2c1CCCC2. The molecule has 0 unspecified atom stereocenters. The Hall–Kier alpha value is -4.20. The molecule has 0 aliphatic heterocycles. The molecule has 0 saturated heterocycles.